The lowest BCUT2D eigenvalue weighted by Crippen LogP contribution is -2.31. The summed E-state index contributed by atoms with van der Waals surface area (Å²) in [5, 5.41) is 5.15. The minimum absolute atomic E-state index is 0.0552. The minimum atomic E-state index is -0.442. The molecule has 0 spiro atoms. The molecular formula is C20H21N3O4S2. The topological polar surface area (TPSA) is 88.6 Å². The van der Waals surface area contributed by atoms with Gasteiger partial charge in [0.15, 0.2) is 5.69 Å². The number of esters is 1. The van der Waals surface area contributed by atoms with Crippen molar-refractivity contribution < 1.29 is 19.1 Å². The molecule has 1 aromatic carbocycles. The molecule has 2 aliphatic rings. The zero-order valence-corrected chi connectivity index (χ0v) is 17.8. The summed E-state index contributed by atoms with van der Waals surface area (Å²) in [5.74, 6) is -0.593. The fourth-order valence-electron chi connectivity index (χ4n) is 3.51. The van der Waals surface area contributed by atoms with Crippen LogP contribution in [0.5, 0.6) is 0 Å². The van der Waals surface area contributed by atoms with Crippen molar-refractivity contribution in [3.8, 4) is 0 Å². The van der Waals surface area contributed by atoms with E-state index in [1.54, 1.807) is 29.3 Å². The fraction of sp³-hybridized carbons (Fsp3) is 0.400. The van der Waals surface area contributed by atoms with Gasteiger partial charge in [-0.3, -0.25) is 9.59 Å². The third-order valence-corrected chi connectivity index (χ3v) is 7.09. The third-order valence-electron chi connectivity index (χ3n) is 4.96. The molecule has 9 heteroatoms. The van der Waals surface area contributed by atoms with Crippen molar-refractivity contribution >= 4 is 46.6 Å². The molecule has 2 aliphatic heterocycles. The van der Waals surface area contributed by atoms with Gasteiger partial charge in [0.05, 0.1) is 23.6 Å². The van der Waals surface area contributed by atoms with Gasteiger partial charge in [-0.15, -0.1) is 23.1 Å². The largest absolute Gasteiger partial charge is 0.461 e. The van der Waals surface area contributed by atoms with E-state index < -0.39 is 5.97 Å². The monoisotopic (exact) mass is 431 g/mol. The number of rotatable bonds is 4. The quantitative estimate of drug-likeness (QED) is 0.742. The lowest BCUT2D eigenvalue weighted by molar-refractivity contribution is -0.115. The number of thiazole rings is 1. The molecule has 4 rings (SSSR count). The summed E-state index contributed by atoms with van der Waals surface area (Å²) in [4.78, 5) is 44.2. The highest BCUT2D eigenvalue weighted by atomic mass is 32.2. The van der Waals surface area contributed by atoms with Gasteiger partial charge in [0.25, 0.3) is 5.91 Å². The minimum Gasteiger partial charge on any atom is -0.461 e. The number of likely N-dealkylation sites (tertiary alicyclic amines) is 1. The Balaban J connectivity index is 1.55. The summed E-state index contributed by atoms with van der Waals surface area (Å²) >= 11 is 2.86. The lowest BCUT2D eigenvalue weighted by atomic mass is 10.1. The number of nitrogens with zero attached hydrogens (tertiary/aromatic N) is 2. The number of thioether (sulfide) groups is 1. The van der Waals surface area contributed by atoms with E-state index in [0.29, 0.717) is 24.4 Å². The van der Waals surface area contributed by atoms with E-state index in [-0.39, 0.29) is 28.8 Å². The van der Waals surface area contributed by atoms with Gasteiger partial charge in [-0.1, -0.05) is 0 Å². The highest BCUT2D eigenvalue weighted by molar-refractivity contribution is 8.00. The summed E-state index contributed by atoms with van der Waals surface area (Å²) in [5.41, 5.74) is 1.50. The van der Waals surface area contributed by atoms with Crippen LogP contribution in [0.4, 0.5) is 5.69 Å². The second kappa shape index (κ2) is 8.16. The second-order valence-electron chi connectivity index (χ2n) is 6.91. The first kappa shape index (κ1) is 19.9. The molecular weight excluding hydrogens is 410 g/mol. The first-order valence-electron chi connectivity index (χ1n) is 9.53. The standard InChI is InChI=1S/C20H21N3O4S2/c1-3-27-20(26)14-10-28-18(22-14)15-5-4-8-23(15)19(25)12-6-7-16-13(9-12)21-17(24)11(2)29-16/h6-7,9-11,15H,3-5,8H2,1-2H3,(H,21,24)/t11-,15-/m1/s1. The Morgan fingerprint density at radius 3 is 3.00 bits per heavy atom. The van der Waals surface area contributed by atoms with Crippen LogP contribution in [0.15, 0.2) is 28.5 Å². The summed E-state index contributed by atoms with van der Waals surface area (Å²) in [6.07, 6.45) is 1.68. The van der Waals surface area contributed by atoms with Gasteiger partial charge in [-0.2, -0.15) is 0 Å². The Morgan fingerprint density at radius 2 is 2.21 bits per heavy atom. The molecule has 0 radical (unpaired) electrons. The highest BCUT2D eigenvalue weighted by Gasteiger charge is 2.34. The molecule has 2 amide bonds. The zero-order valence-electron chi connectivity index (χ0n) is 16.1. The summed E-state index contributed by atoms with van der Waals surface area (Å²) in [6, 6.07) is 5.28. The van der Waals surface area contributed by atoms with E-state index in [1.807, 2.05) is 13.0 Å². The molecule has 3 heterocycles. The number of benzene rings is 1. The Labute approximate surface area is 176 Å². The molecule has 1 fully saturated rings. The summed E-state index contributed by atoms with van der Waals surface area (Å²) in [6.45, 7) is 4.54. The molecule has 0 saturated carbocycles. The number of ether oxygens (including phenoxy) is 1. The van der Waals surface area contributed by atoms with E-state index in [2.05, 4.69) is 10.3 Å². The molecule has 1 aromatic heterocycles. The van der Waals surface area contributed by atoms with Crippen LogP contribution >= 0.6 is 23.1 Å². The number of fused-ring (bicyclic) bond motifs is 1. The van der Waals surface area contributed by atoms with Crippen LogP contribution in [0.2, 0.25) is 0 Å². The summed E-state index contributed by atoms with van der Waals surface area (Å²) in [7, 11) is 0. The molecule has 1 N–H and O–H groups in total. The first-order valence-corrected chi connectivity index (χ1v) is 11.3. The number of nitrogens with one attached hydrogen (secondary N) is 1. The van der Waals surface area contributed by atoms with Crippen LogP contribution in [0, 0.1) is 0 Å². The number of carbonyl (C=O) groups excluding carboxylic acids is 3. The van der Waals surface area contributed by atoms with E-state index in [0.717, 1.165) is 22.7 Å². The van der Waals surface area contributed by atoms with E-state index in [9.17, 15) is 14.4 Å². The smallest absolute Gasteiger partial charge is 0.357 e. The molecule has 2 aromatic rings. The van der Waals surface area contributed by atoms with Crippen LogP contribution in [0.3, 0.4) is 0 Å². The van der Waals surface area contributed by atoms with Crippen molar-refractivity contribution in [2.24, 2.45) is 0 Å². The maximum Gasteiger partial charge on any atom is 0.357 e. The predicted octanol–water partition coefficient (Wildman–Crippen LogP) is 3.73. The Kier molecular flexibility index (Phi) is 5.60. The predicted molar refractivity (Wildman–Crippen MR) is 111 cm³/mol. The normalized spacial score (nSPS) is 20.9. The summed E-state index contributed by atoms with van der Waals surface area (Å²) < 4.78 is 5.00. The van der Waals surface area contributed by atoms with Crippen molar-refractivity contribution in [2.75, 3.05) is 18.5 Å². The van der Waals surface area contributed by atoms with E-state index in [4.69, 9.17) is 4.74 Å². The van der Waals surface area contributed by atoms with Gasteiger partial charge >= 0.3 is 5.97 Å². The van der Waals surface area contributed by atoms with Crippen molar-refractivity contribution in [3.63, 3.8) is 0 Å². The second-order valence-corrected chi connectivity index (χ2v) is 9.18. The van der Waals surface area contributed by atoms with Crippen molar-refractivity contribution in [2.45, 2.75) is 42.9 Å². The molecule has 29 heavy (non-hydrogen) atoms. The average Bonchev–Trinajstić information content (AvgIpc) is 3.37. The number of amides is 2. The number of aromatic nitrogens is 1. The molecule has 2 atom stereocenters. The number of anilines is 1. The van der Waals surface area contributed by atoms with Crippen LogP contribution in [0.1, 0.15) is 58.6 Å². The number of hydrogen-bond acceptors (Lipinski definition) is 7. The first-order chi connectivity index (χ1) is 14.0. The van der Waals surface area contributed by atoms with Crippen molar-refractivity contribution in [1.82, 2.24) is 9.88 Å². The molecule has 0 bridgehead atoms. The maximum atomic E-state index is 13.2. The molecule has 1 saturated heterocycles. The Bertz CT molecular complexity index is 974. The van der Waals surface area contributed by atoms with Crippen LogP contribution < -0.4 is 5.32 Å². The number of carbonyl (C=O) groups is 3. The highest BCUT2D eigenvalue weighted by Crippen LogP contribution is 2.38. The molecule has 7 nitrogen and oxygen atoms in total. The van der Waals surface area contributed by atoms with E-state index in [1.165, 1.54) is 23.1 Å². The lowest BCUT2D eigenvalue weighted by Gasteiger charge is -2.25. The maximum absolute atomic E-state index is 13.2. The van der Waals surface area contributed by atoms with Gasteiger partial charge in [-0.25, -0.2) is 9.78 Å². The fourth-order valence-corrected chi connectivity index (χ4v) is 5.38. The van der Waals surface area contributed by atoms with Crippen LogP contribution in [-0.4, -0.2) is 46.1 Å². The molecule has 152 valence electrons. The third kappa shape index (κ3) is 3.89. The Morgan fingerprint density at radius 1 is 1.38 bits per heavy atom. The van der Waals surface area contributed by atoms with Crippen molar-refractivity contribution in [1.29, 1.82) is 0 Å². The van der Waals surface area contributed by atoms with Gasteiger partial charge in [0.2, 0.25) is 5.91 Å². The Hall–Kier alpha value is -2.39. The van der Waals surface area contributed by atoms with E-state index >= 15 is 0 Å². The van der Waals surface area contributed by atoms with Gasteiger partial charge < -0.3 is 15.0 Å². The van der Waals surface area contributed by atoms with Gasteiger partial charge in [0.1, 0.15) is 5.01 Å². The molecule has 0 unspecified atom stereocenters. The van der Waals surface area contributed by atoms with Gasteiger partial charge in [0, 0.05) is 22.4 Å². The average molecular weight is 432 g/mol. The number of hydrogen-bond donors (Lipinski definition) is 1. The van der Waals surface area contributed by atoms with Crippen LogP contribution in [0.25, 0.3) is 0 Å². The van der Waals surface area contributed by atoms with Gasteiger partial charge in [-0.05, 0) is 44.9 Å². The zero-order chi connectivity index (χ0) is 20.5. The van der Waals surface area contributed by atoms with Crippen LogP contribution in [-0.2, 0) is 9.53 Å². The molecule has 0 aliphatic carbocycles. The SMILES string of the molecule is CCOC(=O)c1csc([C@H]2CCCN2C(=O)c2ccc3c(c2)NC(=O)[C@@H](C)S3)n1. The van der Waals surface area contributed by atoms with Crippen molar-refractivity contribution in [3.05, 3.63) is 39.8 Å².